The van der Waals surface area contributed by atoms with Gasteiger partial charge >= 0.3 is 0 Å². The van der Waals surface area contributed by atoms with Crippen LogP contribution >= 0.6 is 11.3 Å². The quantitative estimate of drug-likeness (QED) is 0.868. The molecule has 1 aliphatic heterocycles. The van der Waals surface area contributed by atoms with Gasteiger partial charge in [-0.1, -0.05) is 25.7 Å². The van der Waals surface area contributed by atoms with Crippen LogP contribution in [0.3, 0.4) is 0 Å². The summed E-state index contributed by atoms with van der Waals surface area (Å²) in [7, 11) is 0. The van der Waals surface area contributed by atoms with Crippen LogP contribution in [0.15, 0.2) is 11.4 Å². The maximum Gasteiger partial charge on any atom is 0.254 e. The third kappa shape index (κ3) is 3.66. The van der Waals surface area contributed by atoms with E-state index in [1.165, 1.54) is 11.3 Å². The van der Waals surface area contributed by atoms with Gasteiger partial charge in [0.2, 0.25) is 0 Å². The minimum absolute atomic E-state index is 0.0774. The standard InChI is InChI=1S/C17H23NO2S/c1-3-17(4-2)8-9-18(13-17)16(20)14-11-15(21-12-14)7-5-6-10-19/h11-12,19H,3-4,6,8-10,13H2,1-2H3. The lowest BCUT2D eigenvalue weighted by Crippen LogP contribution is -2.31. The molecule has 1 aliphatic rings. The monoisotopic (exact) mass is 305 g/mol. The highest BCUT2D eigenvalue weighted by molar-refractivity contribution is 7.10. The van der Waals surface area contributed by atoms with Crippen LogP contribution in [0.4, 0.5) is 0 Å². The molecule has 1 saturated heterocycles. The van der Waals surface area contributed by atoms with Gasteiger partial charge < -0.3 is 10.0 Å². The second-order valence-electron chi connectivity index (χ2n) is 5.66. The van der Waals surface area contributed by atoms with E-state index in [4.69, 9.17) is 5.11 Å². The van der Waals surface area contributed by atoms with Crippen molar-refractivity contribution < 1.29 is 9.90 Å². The molecule has 2 heterocycles. The molecular formula is C17H23NO2S. The molecular weight excluding hydrogens is 282 g/mol. The predicted molar refractivity (Wildman–Crippen MR) is 86.4 cm³/mol. The molecule has 1 aromatic rings. The van der Waals surface area contributed by atoms with Crippen LogP contribution in [0.25, 0.3) is 0 Å². The summed E-state index contributed by atoms with van der Waals surface area (Å²) in [6, 6.07) is 1.87. The molecule has 0 saturated carbocycles. The molecule has 2 rings (SSSR count). The lowest BCUT2D eigenvalue weighted by atomic mass is 9.82. The number of hydrogen-bond acceptors (Lipinski definition) is 3. The Balaban J connectivity index is 2.03. The average molecular weight is 305 g/mol. The van der Waals surface area contributed by atoms with E-state index in [0.29, 0.717) is 11.8 Å². The third-order valence-electron chi connectivity index (χ3n) is 4.52. The summed E-state index contributed by atoms with van der Waals surface area (Å²) >= 11 is 1.50. The number of likely N-dealkylation sites (tertiary alicyclic amines) is 1. The molecule has 0 spiro atoms. The number of aliphatic hydroxyl groups excluding tert-OH is 1. The minimum Gasteiger partial charge on any atom is -0.395 e. The molecule has 0 bridgehead atoms. The van der Waals surface area contributed by atoms with Crippen molar-refractivity contribution in [1.29, 1.82) is 0 Å². The number of rotatable bonds is 4. The smallest absolute Gasteiger partial charge is 0.254 e. The molecule has 0 aromatic carbocycles. The van der Waals surface area contributed by atoms with Gasteiger partial charge in [0.15, 0.2) is 0 Å². The largest absolute Gasteiger partial charge is 0.395 e. The van der Waals surface area contributed by atoms with Crippen molar-refractivity contribution in [3.63, 3.8) is 0 Å². The number of amides is 1. The van der Waals surface area contributed by atoms with Gasteiger partial charge in [0.05, 0.1) is 17.0 Å². The van der Waals surface area contributed by atoms with Crippen LogP contribution in [0.2, 0.25) is 0 Å². The molecule has 0 radical (unpaired) electrons. The highest BCUT2D eigenvalue weighted by Crippen LogP contribution is 2.37. The molecule has 1 aromatic heterocycles. The van der Waals surface area contributed by atoms with Gasteiger partial charge in [-0.15, -0.1) is 11.3 Å². The van der Waals surface area contributed by atoms with E-state index in [2.05, 4.69) is 25.7 Å². The fraction of sp³-hybridized carbons (Fsp3) is 0.588. The highest BCUT2D eigenvalue weighted by atomic mass is 32.1. The van der Waals surface area contributed by atoms with Gasteiger partial charge in [-0.05, 0) is 30.7 Å². The van der Waals surface area contributed by atoms with Crippen molar-refractivity contribution in [2.75, 3.05) is 19.7 Å². The topological polar surface area (TPSA) is 40.5 Å². The van der Waals surface area contributed by atoms with Crippen molar-refractivity contribution in [2.24, 2.45) is 5.41 Å². The molecule has 21 heavy (non-hydrogen) atoms. The predicted octanol–water partition coefficient (Wildman–Crippen LogP) is 3.13. The van der Waals surface area contributed by atoms with Crippen molar-refractivity contribution >= 4 is 17.2 Å². The SMILES string of the molecule is CCC1(CC)CCN(C(=O)c2csc(C#CCCO)c2)C1. The van der Waals surface area contributed by atoms with Gasteiger partial charge in [0.25, 0.3) is 5.91 Å². The zero-order valence-electron chi connectivity index (χ0n) is 12.8. The summed E-state index contributed by atoms with van der Waals surface area (Å²) < 4.78 is 0. The van der Waals surface area contributed by atoms with Gasteiger partial charge in [-0.3, -0.25) is 4.79 Å². The molecule has 0 atom stereocenters. The van der Waals surface area contributed by atoms with Gasteiger partial charge in [-0.2, -0.15) is 0 Å². The molecule has 3 nitrogen and oxygen atoms in total. The van der Waals surface area contributed by atoms with Crippen molar-refractivity contribution in [1.82, 2.24) is 4.90 Å². The summed E-state index contributed by atoms with van der Waals surface area (Å²) in [5.41, 5.74) is 1.06. The Bertz CT molecular complexity index is 549. The molecule has 114 valence electrons. The maximum atomic E-state index is 12.6. The van der Waals surface area contributed by atoms with E-state index in [9.17, 15) is 4.79 Å². The van der Waals surface area contributed by atoms with Crippen LogP contribution in [0, 0.1) is 17.3 Å². The highest BCUT2D eigenvalue weighted by Gasteiger charge is 2.37. The van der Waals surface area contributed by atoms with Gasteiger partial charge in [0.1, 0.15) is 0 Å². The lowest BCUT2D eigenvalue weighted by Gasteiger charge is -2.26. The summed E-state index contributed by atoms with van der Waals surface area (Å²) in [6.07, 6.45) is 3.85. The zero-order chi connectivity index (χ0) is 15.3. The van der Waals surface area contributed by atoms with Crippen LogP contribution in [-0.2, 0) is 0 Å². The molecule has 1 N–H and O–H groups in total. The van der Waals surface area contributed by atoms with Crippen LogP contribution in [-0.4, -0.2) is 35.6 Å². The third-order valence-corrected chi connectivity index (χ3v) is 5.37. The normalized spacial score (nSPS) is 16.6. The Morgan fingerprint density at radius 3 is 2.86 bits per heavy atom. The molecule has 0 aliphatic carbocycles. The van der Waals surface area contributed by atoms with Crippen molar-refractivity contribution in [3.05, 3.63) is 21.9 Å². The number of aliphatic hydroxyl groups is 1. The number of thiophene rings is 1. The first-order valence-corrected chi connectivity index (χ1v) is 8.49. The Hall–Kier alpha value is -1.31. The fourth-order valence-electron chi connectivity index (χ4n) is 2.84. The number of carbonyl (C=O) groups excluding carboxylic acids is 1. The fourth-order valence-corrected chi connectivity index (χ4v) is 3.59. The summed E-state index contributed by atoms with van der Waals surface area (Å²) in [6.45, 7) is 6.25. The van der Waals surface area contributed by atoms with E-state index in [-0.39, 0.29) is 12.5 Å². The molecule has 4 heteroatoms. The average Bonchev–Trinajstić information content (AvgIpc) is 3.14. The number of nitrogens with zero attached hydrogens (tertiary/aromatic N) is 1. The number of carbonyl (C=O) groups is 1. The Morgan fingerprint density at radius 1 is 1.48 bits per heavy atom. The molecule has 1 fully saturated rings. The zero-order valence-corrected chi connectivity index (χ0v) is 13.6. The van der Waals surface area contributed by atoms with E-state index in [1.807, 2.05) is 16.3 Å². The Morgan fingerprint density at radius 2 is 2.24 bits per heavy atom. The minimum atomic E-state index is 0.0774. The summed E-state index contributed by atoms with van der Waals surface area (Å²) in [4.78, 5) is 15.4. The Labute approximate surface area is 131 Å². The van der Waals surface area contributed by atoms with E-state index in [0.717, 1.165) is 42.8 Å². The second kappa shape index (κ2) is 7.11. The molecule has 1 amide bonds. The summed E-state index contributed by atoms with van der Waals surface area (Å²) in [5.74, 6) is 6.01. The molecule has 0 unspecified atom stereocenters. The van der Waals surface area contributed by atoms with Gasteiger partial charge in [-0.25, -0.2) is 0 Å². The summed E-state index contributed by atoms with van der Waals surface area (Å²) in [5, 5.41) is 10.6. The Kier molecular flexibility index (Phi) is 5.44. The lowest BCUT2D eigenvalue weighted by molar-refractivity contribution is 0.0770. The second-order valence-corrected chi connectivity index (χ2v) is 6.57. The van der Waals surface area contributed by atoms with Crippen LogP contribution in [0.1, 0.15) is 54.8 Å². The van der Waals surface area contributed by atoms with Crippen molar-refractivity contribution in [3.8, 4) is 11.8 Å². The van der Waals surface area contributed by atoms with Gasteiger partial charge in [0, 0.05) is 24.9 Å². The van der Waals surface area contributed by atoms with E-state index >= 15 is 0 Å². The van der Waals surface area contributed by atoms with Crippen LogP contribution < -0.4 is 0 Å². The van der Waals surface area contributed by atoms with Crippen LogP contribution in [0.5, 0.6) is 0 Å². The first kappa shape index (κ1) is 16.1. The van der Waals surface area contributed by atoms with E-state index in [1.54, 1.807) is 0 Å². The first-order chi connectivity index (χ1) is 10.1. The van der Waals surface area contributed by atoms with E-state index < -0.39 is 0 Å². The maximum absolute atomic E-state index is 12.6. The van der Waals surface area contributed by atoms with Crippen molar-refractivity contribution in [2.45, 2.75) is 39.5 Å². The first-order valence-electron chi connectivity index (χ1n) is 7.61. The number of hydrogen-bond donors (Lipinski definition) is 1.